The molecule has 0 aliphatic heterocycles. The van der Waals surface area contributed by atoms with Gasteiger partial charge in [-0.3, -0.25) is 14.4 Å². The summed E-state index contributed by atoms with van der Waals surface area (Å²) in [6.07, 6.45) is 45.7. The zero-order valence-electron chi connectivity index (χ0n) is 37.2. The third-order valence-electron chi connectivity index (χ3n) is 10.8. The Bertz CT molecular complexity index is 876. The Hall–Kier alpha value is -2.15. The second kappa shape index (κ2) is 44.0. The van der Waals surface area contributed by atoms with Crippen LogP contribution < -0.4 is 0 Å². The molecule has 0 radical (unpaired) electrons. The van der Waals surface area contributed by atoms with E-state index in [1.165, 1.54) is 116 Å². The van der Waals surface area contributed by atoms with Crippen LogP contribution in [0.1, 0.15) is 233 Å². The summed E-state index contributed by atoms with van der Waals surface area (Å²) in [5, 5.41) is 9.16. The SMILES string of the molecule is CCCCCCCC/C=C\CCCCCCCC(=O)OCCN(CCOC(=O)CCCCCCC/C=C\CCCCCCCC)C(=O)CCCCC(C)CCO. The van der Waals surface area contributed by atoms with Crippen molar-refractivity contribution in [2.24, 2.45) is 5.92 Å². The van der Waals surface area contributed by atoms with E-state index in [2.05, 4.69) is 45.1 Å². The molecular formula is C49H91NO6. The Morgan fingerprint density at radius 3 is 1.23 bits per heavy atom. The largest absolute Gasteiger partial charge is 0.464 e. The number of aliphatic hydroxyl groups is 1. The molecule has 0 saturated heterocycles. The average Bonchev–Trinajstić information content (AvgIpc) is 3.18. The van der Waals surface area contributed by atoms with Crippen LogP contribution in [0.2, 0.25) is 0 Å². The van der Waals surface area contributed by atoms with Crippen LogP contribution in [0, 0.1) is 5.92 Å². The molecule has 1 N–H and O–H groups in total. The summed E-state index contributed by atoms with van der Waals surface area (Å²) >= 11 is 0. The first-order chi connectivity index (χ1) is 27.4. The second-order valence-electron chi connectivity index (χ2n) is 16.4. The molecule has 0 aliphatic carbocycles. The highest BCUT2D eigenvalue weighted by Crippen LogP contribution is 2.15. The molecule has 1 unspecified atom stereocenters. The highest BCUT2D eigenvalue weighted by Gasteiger charge is 2.16. The van der Waals surface area contributed by atoms with Crippen molar-refractivity contribution in [3.63, 3.8) is 0 Å². The maximum atomic E-state index is 13.1. The zero-order valence-corrected chi connectivity index (χ0v) is 37.2. The smallest absolute Gasteiger partial charge is 0.305 e. The Kier molecular flexibility index (Phi) is 42.3. The number of esters is 2. The van der Waals surface area contributed by atoms with E-state index in [1.807, 2.05) is 0 Å². The number of hydrogen-bond acceptors (Lipinski definition) is 6. The van der Waals surface area contributed by atoms with Gasteiger partial charge in [0.05, 0.1) is 13.1 Å². The molecule has 1 atom stereocenters. The van der Waals surface area contributed by atoms with Crippen LogP contribution in [0.15, 0.2) is 24.3 Å². The lowest BCUT2D eigenvalue weighted by Gasteiger charge is -2.23. The van der Waals surface area contributed by atoms with E-state index >= 15 is 0 Å². The van der Waals surface area contributed by atoms with E-state index in [1.54, 1.807) is 4.90 Å². The summed E-state index contributed by atoms with van der Waals surface area (Å²) in [6.45, 7) is 7.78. The standard InChI is InChI=1S/C49H91NO6/c1-4-6-8-10-12-14-16-18-20-22-24-26-28-30-32-38-48(53)55-44-41-50(47(52)37-35-34-36-46(3)40-43-51)42-45-56-49(54)39-33-31-29-27-25-23-21-19-17-15-13-11-9-7-5-2/h18-21,46,51H,4-17,22-45H2,1-3H3/b20-18-,21-19-. The van der Waals surface area contributed by atoms with Crippen LogP contribution >= 0.6 is 0 Å². The van der Waals surface area contributed by atoms with Crippen molar-refractivity contribution in [1.82, 2.24) is 4.90 Å². The van der Waals surface area contributed by atoms with Gasteiger partial charge in [0, 0.05) is 25.9 Å². The maximum Gasteiger partial charge on any atom is 0.305 e. The van der Waals surface area contributed by atoms with E-state index < -0.39 is 0 Å². The fourth-order valence-electron chi connectivity index (χ4n) is 7.02. The van der Waals surface area contributed by atoms with Crippen molar-refractivity contribution in [2.45, 2.75) is 233 Å². The molecule has 0 heterocycles. The molecule has 56 heavy (non-hydrogen) atoms. The van der Waals surface area contributed by atoms with Gasteiger partial charge in [0.2, 0.25) is 5.91 Å². The predicted octanol–water partition coefficient (Wildman–Crippen LogP) is 13.6. The third-order valence-corrected chi connectivity index (χ3v) is 10.8. The number of ether oxygens (including phenoxy) is 2. The number of hydrogen-bond donors (Lipinski definition) is 1. The van der Waals surface area contributed by atoms with Crippen LogP contribution in [0.5, 0.6) is 0 Å². The normalized spacial score (nSPS) is 12.1. The van der Waals surface area contributed by atoms with E-state index in [0.717, 1.165) is 77.0 Å². The molecule has 7 heteroatoms. The van der Waals surface area contributed by atoms with Gasteiger partial charge in [-0.2, -0.15) is 0 Å². The summed E-state index contributed by atoms with van der Waals surface area (Å²) in [5.41, 5.74) is 0. The monoisotopic (exact) mass is 790 g/mol. The molecule has 328 valence electrons. The van der Waals surface area contributed by atoms with Crippen LogP contribution in [-0.2, 0) is 23.9 Å². The molecule has 0 spiro atoms. The fourth-order valence-corrected chi connectivity index (χ4v) is 7.02. The van der Waals surface area contributed by atoms with Crippen molar-refractivity contribution in [3.05, 3.63) is 24.3 Å². The van der Waals surface area contributed by atoms with Gasteiger partial charge < -0.3 is 19.5 Å². The summed E-state index contributed by atoms with van der Waals surface area (Å²) in [5.74, 6) is 0.0217. The Labute approximate surface area is 346 Å². The Balaban J connectivity index is 4.22. The van der Waals surface area contributed by atoms with E-state index in [0.29, 0.717) is 38.3 Å². The molecule has 0 saturated carbocycles. The van der Waals surface area contributed by atoms with E-state index in [4.69, 9.17) is 14.6 Å². The first kappa shape index (κ1) is 53.9. The average molecular weight is 790 g/mol. The molecule has 0 fully saturated rings. The van der Waals surface area contributed by atoms with Crippen molar-refractivity contribution in [2.75, 3.05) is 32.9 Å². The molecular weight excluding hydrogens is 699 g/mol. The Morgan fingerprint density at radius 1 is 0.482 bits per heavy atom. The summed E-state index contributed by atoms with van der Waals surface area (Å²) in [4.78, 5) is 39.6. The van der Waals surface area contributed by atoms with Gasteiger partial charge >= 0.3 is 11.9 Å². The molecule has 0 aromatic rings. The molecule has 0 bridgehead atoms. The Morgan fingerprint density at radius 2 is 0.839 bits per heavy atom. The molecule has 0 aromatic heterocycles. The lowest BCUT2D eigenvalue weighted by molar-refractivity contribution is -0.147. The predicted molar refractivity (Wildman–Crippen MR) is 237 cm³/mol. The molecule has 0 aromatic carbocycles. The highest BCUT2D eigenvalue weighted by atomic mass is 16.5. The van der Waals surface area contributed by atoms with E-state index in [9.17, 15) is 14.4 Å². The van der Waals surface area contributed by atoms with Gasteiger partial charge in [-0.25, -0.2) is 0 Å². The topological polar surface area (TPSA) is 93.1 Å². The molecule has 1 amide bonds. The lowest BCUT2D eigenvalue weighted by Crippen LogP contribution is -2.37. The molecule has 7 nitrogen and oxygen atoms in total. The van der Waals surface area contributed by atoms with Crippen LogP contribution in [0.25, 0.3) is 0 Å². The van der Waals surface area contributed by atoms with Gasteiger partial charge in [0.25, 0.3) is 0 Å². The number of unbranched alkanes of at least 4 members (excludes halogenated alkanes) is 23. The number of aliphatic hydroxyl groups excluding tert-OH is 1. The fraction of sp³-hybridized carbons (Fsp3) is 0.857. The van der Waals surface area contributed by atoms with Crippen molar-refractivity contribution < 1.29 is 29.0 Å². The zero-order chi connectivity index (χ0) is 41.0. The van der Waals surface area contributed by atoms with Crippen molar-refractivity contribution >= 4 is 17.8 Å². The first-order valence-corrected chi connectivity index (χ1v) is 23.9. The number of allylic oxidation sites excluding steroid dienone is 4. The number of carbonyl (C=O) groups excluding carboxylic acids is 3. The van der Waals surface area contributed by atoms with Gasteiger partial charge in [0.15, 0.2) is 0 Å². The quantitative estimate of drug-likeness (QED) is 0.0376. The van der Waals surface area contributed by atoms with Crippen LogP contribution in [0.3, 0.4) is 0 Å². The minimum absolute atomic E-state index is 0.00131. The van der Waals surface area contributed by atoms with Gasteiger partial charge in [-0.1, -0.05) is 161 Å². The summed E-state index contributed by atoms with van der Waals surface area (Å²) in [7, 11) is 0. The second-order valence-corrected chi connectivity index (χ2v) is 16.4. The number of carbonyl (C=O) groups is 3. The third kappa shape index (κ3) is 40.1. The van der Waals surface area contributed by atoms with Crippen LogP contribution in [0.4, 0.5) is 0 Å². The van der Waals surface area contributed by atoms with Crippen molar-refractivity contribution in [3.8, 4) is 0 Å². The summed E-state index contributed by atoms with van der Waals surface area (Å²) in [6, 6.07) is 0. The first-order valence-electron chi connectivity index (χ1n) is 23.9. The molecule has 0 aliphatic rings. The number of amides is 1. The van der Waals surface area contributed by atoms with Gasteiger partial charge in [0.1, 0.15) is 13.2 Å². The maximum absolute atomic E-state index is 13.1. The van der Waals surface area contributed by atoms with Gasteiger partial charge in [-0.15, -0.1) is 0 Å². The van der Waals surface area contributed by atoms with Gasteiger partial charge in [-0.05, 0) is 83.0 Å². The highest BCUT2D eigenvalue weighted by molar-refractivity contribution is 5.76. The minimum Gasteiger partial charge on any atom is -0.464 e. The summed E-state index contributed by atoms with van der Waals surface area (Å²) < 4.78 is 11.0. The lowest BCUT2D eigenvalue weighted by atomic mass is 10.0. The number of nitrogens with zero attached hydrogens (tertiary/aromatic N) is 1. The molecule has 0 rings (SSSR count). The van der Waals surface area contributed by atoms with Crippen molar-refractivity contribution in [1.29, 1.82) is 0 Å². The number of rotatable bonds is 43. The minimum atomic E-state index is -0.209. The van der Waals surface area contributed by atoms with E-state index in [-0.39, 0.29) is 37.7 Å². The van der Waals surface area contributed by atoms with Crippen LogP contribution in [-0.4, -0.2) is 60.8 Å².